The van der Waals surface area contributed by atoms with E-state index in [-0.39, 0.29) is 23.9 Å². The van der Waals surface area contributed by atoms with Crippen molar-refractivity contribution in [2.24, 2.45) is 5.73 Å². The minimum Gasteiger partial charge on any atom is -0.453 e. The number of alkyl carbamates (subject to hydrolysis) is 1. The summed E-state index contributed by atoms with van der Waals surface area (Å²) in [7, 11) is 1.28. The summed E-state index contributed by atoms with van der Waals surface area (Å²) >= 11 is 0. The Bertz CT molecular complexity index is 1900. The number of nitrogens with zero attached hydrogens (tertiary/aromatic N) is 4. The van der Waals surface area contributed by atoms with E-state index in [1.165, 1.54) is 14.0 Å². The number of imidazole rings is 2. The van der Waals surface area contributed by atoms with Crippen molar-refractivity contribution in [3.8, 4) is 33.6 Å². The lowest BCUT2D eigenvalue weighted by molar-refractivity contribution is -0.140. The van der Waals surface area contributed by atoms with Gasteiger partial charge in [-0.25, -0.2) is 19.6 Å². The second-order valence-corrected chi connectivity index (χ2v) is 13.3. The summed E-state index contributed by atoms with van der Waals surface area (Å²) in [5.74, 6) is 0.989. The molecular weight excluding hydrogens is 664 g/mol. The topological polar surface area (TPSA) is 189 Å². The first-order valence-electron chi connectivity index (χ1n) is 17.8. The smallest absolute Gasteiger partial charge is 0.407 e. The third kappa shape index (κ3) is 7.65. The number of nitrogens with two attached hydrogens (primary N) is 1. The molecule has 1 unspecified atom stereocenters. The van der Waals surface area contributed by atoms with Gasteiger partial charge in [0.15, 0.2) is 6.10 Å². The minimum absolute atomic E-state index is 0.165. The highest BCUT2D eigenvalue weighted by Gasteiger charge is 2.36. The first-order chi connectivity index (χ1) is 25.1. The average molecular weight is 711 g/mol. The number of rotatable bonds is 11. The number of H-pyrrole nitrogens is 2. The van der Waals surface area contributed by atoms with Crippen molar-refractivity contribution in [1.29, 1.82) is 0 Å². The van der Waals surface area contributed by atoms with Crippen LogP contribution in [-0.4, -0.2) is 86.1 Å². The fourth-order valence-corrected chi connectivity index (χ4v) is 7.20. The molecule has 0 spiro atoms. The van der Waals surface area contributed by atoms with Gasteiger partial charge in [0.05, 0.1) is 36.3 Å². The molecule has 5 N–H and O–H groups in total. The number of aryl methyl sites for hydroxylation is 1. The average Bonchev–Trinajstić information content (AvgIpc) is 3.97. The number of benzene rings is 2. The van der Waals surface area contributed by atoms with Gasteiger partial charge >= 0.3 is 12.2 Å². The van der Waals surface area contributed by atoms with E-state index >= 15 is 0 Å². The normalized spacial score (nSPS) is 18.2. The fraction of sp³-hybridized carbons (Fsp3) is 0.421. The fourth-order valence-electron chi connectivity index (χ4n) is 7.20. The zero-order valence-electron chi connectivity index (χ0n) is 30.0. The molecule has 2 aliphatic heterocycles. The molecule has 2 fully saturated rings. The zero-order chi connectivity index (χ0) is 36.9. The molecule has 4 heterocycles. The number of methoxy groups -OCH3 is 1. The maximum absolute atomic E-state index is 13.3. The second-order valence-electron chi connectivity index (χ2n) is 13.3. The maximum atomic E-state index is 13.3. The molecule has 274 valence electrons. The van der Waals surface area contributed by atoms with E-state index in [9.17, 15) is 19.2 Å². The number of hydrogen-bond acceptors (Lipinski definition) is 8. The van der Waals surface area contributed by atoms with E-state index in [1.807, 2.05) is 18.3 Å². The van der Waals surface area contributed by atoms with Crippen LogP contribution in [0.4, 0.5) is 9.59 Å². The van der Waals surface area contributed by atoms with Crippen molar-refractivity contribution < 1.29 is 28.7 Å². The van der Waals surface area contributed by atoms with Crippen molar-refractivity contribution in [2.45, 2.75) is 83.5 Å². The van der Waals surface area contributed by atoms with Gasteiger partial charge < -0.3 is 40.3 Å². The zero-order valence-corrected chi connectivity index (χ0v) is 30.0. The Hall–Kier alpha value is -5.66. The highest BCUT2D eigenvalue weighted by Crippen LogP contribution is 2.36. The number of carbonyl (C=O) groups is 4. The van der Waals surface area contributed by atoms with Crippen molar-refractivity contribution in [2.75, 3.05) is 20.2 Å². The first kappa shape index (κ1) is 36.1. The number of carbonyl (C=O) groups excluding carboxylic acids is 4. The van der Waals surface area contributed by atoms with Crippen molar-refractivity contribution in [3.63, 3.8) is 0 Å². The van der Waals surface area contributed by atoms with Crippen LogP contribution in [-0.2, 0) is 25.5 Å². The van der Waals surface area contributed by atoms with Crippen LogP contribution in [0.15, 0.2) is 54.7 Å². The molecule has 2 aliphatic rings. The van der Waals surface area contributed by atoms with Crippen LogP contribution in [0.2, 0.25) is 0 Å². The molecule has 0 radical (unpaired) electrons. The lowest BCUT2D eigenvalue weighted by Gasteiger charge is -2.26. The largest absolute Gasteiger partial charge is 0.453 e. The van der Waals surface area contributed by atoms with Crippen molar-refractivity contribution in [3.05, 3.63) is 72.1 Å². The molecule has 4 amide bonds. The van der Waals surface area contributed by atoms with Crippen LogP contribution in [0.1, 0.15) is 82.3 Å². The lowest BCUT2D eigenvalue weighted by atomic mass is 10.00. The molecule has 6 rings (SSSR count). The molecule has 52 heavy (non-hydrogen) atoms. The summed E-state index contributed by atoms with van der Waals surface area (Å²) < 4.78 is 9.59. The number of primary amides is 1. The molecule has 0 bridgehead atoms. The van der Waals surface area contributed by atoms with Crippen LogP contribution in [0.5, 0.6) is 0 Å². The molecule has 14 nitrogen and oxygen atoms in total. The van der Waals surface area contributed by atoms with Gasteiger partial charge in [-0.2, -0.15) is 0 Å². The van der Waals surface area contributed by atoms with Gasteiger partial charge in [0, 0.05) is 24.8 Å². The summed E-state index contributed by atoms with van der Waals surface area (Å²) in [6, 6.07) is 15.4. The quantitative estimate of drug-likeness (QED) is 0.154. The van der Waals surface area contributed by atoms with Gasteiger partial charge in [-0.1, -0.05) is 61.9 Å². The molecule has 4 aromatic rings. The van der Waals surface area contributed by atoms with Crippen molar-refractivity contribution in [1.82, 2.24) is 35.1 Å². The SMILES string of the molecule is CCCc1nc(C2CCCN2C(=O)[C@H](C)NC(=O)OC)[nH]c1-c1ccc(-c2ccc(-c3c[nH]c([C@@H]4CCCN4C(=O)[C@H](C)OC(N)=O)n3)cc2)cc1. The Morgan fingerprint density at radius 3 is 2.04 bits per heavy atom. The highest BCUT2D eigenvalue weighted by atomic mass is 16.6. The summed E-state index contributed by atoms with van der Waals surface area (Å²) in [5.41, 5.74) is 11.9. The molecule has 2 saturated heterocycles. The molecule has 0 saturated carbocycles. The lowest BCUT2D eigenvalue weighted by Crippen LogP contribution is -2.46. The maximum Gasteiger partial charge on any atom is 0.407 e. The number of likely N-dealkylation sites (tertiary alicyclic amines) is 2. The predicted octanol–water partition coefficient (Wildman–Crippen LogP) is 5.64. The minimum atomic E-state index is -0.977. The number of aromatic nitrogens is 4. The Kier molecular flexibility index (Phi) is 10.9. The Morgan fingerprint density at radius 1 is 0.865 bits per heavy atom. The van der Waals surface area contributed by atoms with E-state index in [0.29, 0.717) is 18.9 Å². The van der Waals surface area contributed by atoms with E-state index < -0.39 is 24.3 Å². The molecule has 4 atom stereocenters. The number of nitrogens with one attached hydrogen (secondary N) is 3. The summed E-state index contributed by atoms with van der Waals surface area (Å²) in [6.45, 7) is 6.46. The predicted molar refractivity (Wildman–Crippen MR) is 194 cm³/mol. The number of amides is 4. The third-order valence-corrected chi connectivity index (χ3v) is 9.80. The number of hydrogen-bond donors (Lipinski definition) is 4. The van der Waals surface area contributed by atoms with Crippen LogP contribution in [0.3, 0.4) is 0 Å². The number of aromatic amines is 2. The third-order valence-electron chi connectivity index (χ3n) is 9.80. The molecule has 2 aromatic carbocycles. The van der Waals surface area contributed by atoms with Gasteiger partial charge in [0.25, 0.3) is 5.91 Å². The van der Waals surface area contributed by atoms with Gasteiger partial charge in [-0.15, -0.1) is 0 Å². The molecular formula is C38H46N8O6. The van der Waals surface area contributed by atoms with E-state index in [0.717, 1.165) is 83.7 Å². The van der Waals surface area contributed by atoms with Gasteiger partial charge in [0.2, 0.25) is 5.91 Å². The Balaban J connectivity index is 1.15. The number of ether oxygens (including phenoxy) is 2. The molecule has 0 aliphatic carbocycles. The summed E-state index contributed by atoms with van der Waals surface area (Å²) in [5, 5.41) is 2.58. The van der Waals surface area contributed by atoms with Crippen LogP contribution < -0.4 is 11.1 Å². The summed E-state index contributed by atoms with van der Waals surface area (Å²) in [6.07, 6.45) is 4.20. The Morgan fingerprint density at radius 2 is 1.44 bits per heavy atom. The Labute approximate surface area is 302 Å². The van der Waals surface area contributed by atoms with E-state index in [1.54, 1.807) is 16.7 Å². The van der Waals surface area contributed by atoms with E-state index in [2.05, 4.69) is 63.3 Å². The second kappa shape index (κ2) is 15.7. The van der Waals surface area contributed by atoms with E-state index in [4.69, 9.17) is 20.4 Å². The standard InChI is InChI=1S/C38H46N8O6/c1-5-8-28-32(44-34(42-28)31-10-7-19-45(31)35(47)22(2)41-38(50)51-4)27-17-13-25(14-18-27)24-11-15-26(16-12-24)29-21-40-33(43-29)30-9-6-20-46(30)36(48)23(3)52-37(39)49/h11-18,21-23,30-31H,5-10,19-20H2,1-4H3,(H2,39,49)(H,40,43)(H,41,50)(H,42,44)/t22-,23-,30-,31?/m0/s1. The van der Waals surface area contributed by atoms with Crippen LogP contribution in [0.25, 0.3) is 33.6 Å². The highest BCUT2D eigenvalue weighted by molar-refractivity contribution is 5.86. The van der Waals surface area contributed by atoms with Gasteiger partial charge in [-0.3, -0.25) is 9.59 Å². The summed E-state index contributed by atoms with van der Waals surface area (Å²) in [4.78, 5) is 69.2. The monoisotopic (exact) mass is 710 g/mol. The van der Waals surface area contributed by atoms with Gasteiger partial charge in [-0.05, 0) is 62.6 Å². The molecule has 14 heteroatoms. The van der Waals surface area contributed by atoms with Crippen LogP contribution >= 0.6 is 0 Å². The first-order valence-corrected chi connectivity index (χ1v) is 17.8. The van der Waals surface area contributed by atoms with Crippen LogP contribution in [0, 0.1) is 0 Å². The van der Waals surface area contributed by atoms with Gasteiger partial charge in [0.1, 0.15) is 17.7 Å². The van der Waals surface area contributed by atoms with Crippen molar-refractivity contribution >= 4 is 24.0 Å². The molecule has 2 aromatic heterocycles.